The van der Waals surface area contributed by atoms with E-state index in [1.165, 1.54) is 17.5 Å². The van der Waals surface area contributed by atoms with Crippen LogP contribution in [0.3, 0.4) is 0 Å². The Hall–Kier alpha value is -2.42. The van der Waals surface area contributed by atoms with Crippen molar-refractivity contribution in [3.63, 3.8) is 0 Å². The first-order valence-electron chi connectivity index (χ1n) is 5.82. The summed E-state index contributed by atoms with van der Waals surface area (Å²) in [6.45, 7) is 2.10. The van der Waals surface area contributed by atoms with Gasteiger partial charge in [-0.25, -0.2) is 9.97 Å². The molecule has 18 heavy (non-hydrogen) atoms. The van der Waals surface area contributed by atoms with Crippen molar-refractivity contribution in [3.05, 3.63) is 54.4 Å². The minimum atomic E-state index is 0.524. The van der Waals surface area contributed by atoms with Crippen LogP contribution in [0, 0.1) is 6.92 Å². The molecule has 0 saturated carbocycles. The molecule has 0 amide bonds. The van der Waals surface area contributed by atoms with E-state index in [1.807, 2.05) is 24.3 Å². The molecule has 0 spiro atoms. The van der Waals surface area contributed by atoms with Gasteiger partial charge in [0, 0.05) is 5.39 Å². The van der Waals surface area contributed by atoms with Gasteiger partial charge in [-0.15, -0.1) is 0 Å². The number of aryl methyl sites for hydroxylation is 1. The van der Waals surface area contributed by atoms with Gasteiger partial charge >= 0.3 is 0 Å². The van der Waals surface area contributed by atoms with Crippen molar-refractivity contribution in [2.24, 2.45) is 0 Å². The van der Waals surface area contributed by atoms with E-state index in [1.54, 1.807) is 0 Å². The molecule has 88 valence electrons. The predicted octanol–water partition coefficient (Wildman–Crippen LogP) is 3.19. The second-order valence-corrected chi connectivity index (χ2v) is 4.31. The highest BCUT2D eigenvalue weighted by molar-refractivity contribution is 5.91. The molecule has 0 fully saturated rings. The van der Waals surface area contributed by atoms with Crippen LogP contribution in [0.15, 0.2) is 48.8 Å². The molecule has 0 bridgehead atoms. The lowest BCUT2D eigenvalue weighted by Gasteiger charge is -2.07. The van der Waals surface area contributed by atoms with Crippen LogP contribution in [0.4, 0.5) is 5.82 Å². The number of hydrogen-bond donors (Lipinski definition) is 1. The average molecular weight is 235 g/mol. The highest BCUT2D eigenvalue weighted by Gasteiger charge is 2.05. The Balaban J connectivity index is 2.26. The van der Waals surface area contributed by atoms with Gasteiger partial charge < -0.3 is 5.73 Å². The van der Waals surface area contributed by atoms with Gasteiger partial charge in [-0.1, -0.05) is 30.3 Å². The quantitative estimate of drug-likeness (QED) is 0.704. The number of anilines is 1. The van der Waals surface area contributed by atoms with Crippen LogP contribution in [0.2, 0.25) is 0 Å². The van der Waals surface area contributed by atoms with E-state index >= 15 is 0 Å². The van der Waals surface area contributed by atoms with Crippen molar-refractivity contribution in [2.75, 3.05) is 5.73 Å². The molecule has 3 nitrogen and oxygen atoms in total. The van der Waals surface area contributed by atoms with Crippen LogP contribution < -0.4 is 5.73 Å². The fourth-order valence-electron chi connectivity index (χ4n) is 2.14. The number of nitrogen functional groups attached to an aromatic ring is 1. The third-order valence-electron chi connectivity index (χ3n) is 3.12. The van der Waals surface area contributed by atoms with E-state index in [2.05, 4.69) is 35.1 Å². The Morgan fingerprint density at radius 3 is 2.67 bits per heavy atom. The van der Waals surface area contributed by atoms with Crippen molar-refractivity contribution in [3.8, 4) is 11.1 Å². The van der Waals surface area contributed by atoms with Crippen molar-refractivity contribution >= 4 is 16.7 Å². The summed E-state index contributed by atoms with van der Waals surface area (Å²) in [6, 6.07) is 14.4. The maximum atomic E-state index is 5.89. The third-order valence-corrected chi connectivity index (χ3v) is 3.12. The topological polar surface area (TPSA) is 51.8 Å². The lowest BCUT2D eigenvalue weighted by Crippen LogP contribution is -1.93. The molecule has 1 heterocycles. The van der Waals surface area contributed by atoms with Gasteiger partial charge in [0.1, 0.15) is 12.1 Å². The molecule has 0 radical (unpaired) electrons. The second kappa shape index (κ2) is 4.11. The summed E-state index contributed by atoms with van der Waals surface area (Å²) >= 11 is 0. The van der Waals surface area contributed by atoms with E-state index < -0.39 is 0 Å². The number of nitrogens with zero attached hydrogens (tertiary/aromatic N) is 2. The van der Waals surface area contributed by atoms with Crippen molar-refractivity contribution < 1.29 is 0 Å². The molecule has 1 aromatic heterocycles. The molecule has 3 heteroatoms. The summed E-state index contributed by atoms with van der Waals surface area (Å²) in [6.07, 6.45) is 1.49. The SMILES string of the molecule is Cc1ccccc1-c1ccc2ncnc(N)c2c1. The van der Waals surface area contributed by atoms with Crippen LogP contribution >= 0.6 is 0 Å². The molecular weight excluding hydrogens is 222 g/mol. The molecule has 2 N–H and O–H groups in total. The fraction of sp³-hybridized carbons (Fsp3) is 0.0667. The zero-order valence-corrected chi connectivity index (χ0v) is 10.1. The molecule has 3 aromatic rings. The second-order valence-electron chi connectivity index (χ2n) is 4.31. The highest BCUT2D eigenvalue weighted by atomic mass is 14.9. The van der Waals surface area contributed by atoms with Crippen LogP contribution in [0.5, 0.6) is 0 Å². The Bertz CT molecular complexity index is 720. The van der Waals surface area contributed by atoms with Gasteiger partial charge in [0.15, 0.2) is 0 Å². The first kappa shape index (κ1) is 10.7. The highest BCUT2D eigenvalue weighted by Crippen LogP contribution is 2.27. The number of fused-ring (bicyclic) bond motifs is 1. The van der Waals surface area contributed by atoms with E-state index in [0.29, 0.717) is 5.82 Å². The molecule has 0 aliphatic carbocycles. The molecule has 0 unspecified atom stereocenters. The first-order valence-corrected chi connectivity index (χ1v) is 5.82. The van der Waals surface area contributed by atoms with Gasteiger partial charge in [-0.2, -0.15) is 0 Å². The normalized spacial score (nSPS) is 10.7. The summed E-state index contributed by atoms with van der Waals surface area (Å²) in [5.74, 6) is 0.524. The minimum absolute atomic E-state index is 0.524. The lowest BCUT2D eigenvalue weighted by molar-refractivity contribution is 1.23. The van der Waals surface area contributed by atoms with E-state index in [9.17, 15) is 0 Å². The molecule has 3 rings (SSSR count). The maximum absolute atomic E-state index is 5.89. The molecule has 0 atom stereocenters. The molecular formula is C15H13N3. The lowest BCUT2D eigenvalue weighted by atomic mass is 9.99. The average Bonchev–Trinajstić information content (AvgIpc) is 2.40. The number of benzene rings is 2. The first-order chi connectivity index (χ1) is 8.75. The summed E-state index contributed by atoms with van der Waals surface area (Å²) in [5, 5.41) is 0.901. The van der Waals surface area contributed by atoms with Crippen LogP contribution in [0.25, 0.3) is 22.0 Å². The molecule has 0 saturated heterocycles. The number of aromatic nitrogens is 2. The summed E-state index contributed by atoms with van der Waals surface area (Å²) < 4.78 is 0. The fourth-order valence-corrected chi connectivity index (χ4v) is 2.14. The van der Waals surface area contributed by atoms with Gasteiger partial charge in [0.2, 0.25) is 0 Å². The van der Waals surface area contributed by atoms with Gasteiger partial charge in [-0.3, -0.25) is 0 Å². The Morgan fingerprint density at radius 1 is 1.00 bits per heavy atom. The molecule has 0 aliphatic rings. The maximum Gasteiger partial charge on any atom is 0.134 e. The zero-order chi connectivity index (χ0) is 12.5. The van der Waals surface area contributed by atoms with Crippen LogP contribution in [-0.4, -0.2) is 9.97 Å². The smallest absolute Gasteiger partial charge is 0.134 e. The Kier molecular flexibility index (Phi) is 2.45. The number of hydrogen-bond acceptors (Lipinski definition) is 3. The Labute approximate surface area is 105 Å². The summed E-state index contributed by atoms with van der Waals surface area (Å²) in [4.78, 5) is 8.24. The summed E-state index contributed by atoms with van der Waals surface area (Å²) in [5.41, 5.74) is 10.4. The predicted molar refractivity (Wildman–Crippen MR) is 74.1 cm³/mol. The molecule has 2 aromatic carbocycles. The standard InChI is InChI=1S/C15H13N3/c1-10-4-2-3-5-12(10)11-6-7-14-13(8-11)15(16)18-9-17-14/h2-9H,1H3,(H2,16,17,18). The largest absolute Gasteiger partial charge is 0.383 e. The van der Waals surface area contributed by atoms with Gasteiger partial charge in [-0.05, 0) is 35.7 Å². The zero-order valence-electron chi connectivity index (χ0n) is 10.1. The monoisotopic (exact) mass is 235 g/mol. The van der Waals surface area contributed by atoms with Crippen molar-refractivity contribution in [2.45, 2.75) is 6.92 Å². The summed E-state index contributed by atoms with van der Waals surface area (Å²) in [7, 11) is 0. The van der Waals surface area contributed by atoms with Crippen molar-refractivity contribution in [1.29, 1.82) is 0 Å². The van der Waals surface area contributed by atoms with Gasteiger partial charge in [0.05, 0.1) is 5.52 Å². The third kappa shape index (κ3) is 1.70. The van der Waals surface area contributed by atoms with Crippen LogP contribution in [0.1, 0.15) is 5.56 Å². The van der Waals surface area contributed by atoms with Gasteiger partial charge in [0.25, 0.3) is 0 Å². The number of rotatable bonds is 1. The van der Waals surface area contributed by atoms with E-state index in [0.717, 1.165) is 16.5 Å². The van der Waals surface area contributed by atoms with E-state index in [4.69, 9.17) is 5.73 Å². The van der Waals surface area contributed by atoms with Crippen LogP contribution in [-0.2, 0) is 0 Å². The van der Waals surface area contributed by atoms with Crippen molar-refractivity contribution in [1.82, 2.24) is 9.97 Å². The number of nitrogens with two attached hydrogens (primary N) is 1. The molecule has 0 aliphatic heterocycles. The van der Waals surface area contributed by atoms with E-state index in [-0.39, 0.29) is 0 Å². The minimum Gasteiger partial charge on any atom is -0.383 e. The Morgan fingerprint density at radius 2 is 1.83 bits per heavy atom.